The third-order valence-corrected chi connectivity index (χ3v) is 3.32. The molecule has 3 heterocycles. The van der Waals surface area contributed by atoms with Gasteiger partial charge in [-0.15, -0.1) is 0 Å². The maximum absolute atomic E-state index is 6.17. The highest BCUT2D eigenvalue weighted by Crippen LogP contribution is 2.26. The first kappa shape index (κ1) is 11.7. The first-order chi connectivity index (χ1) is 8.78. The molecule has 0 N–H and O–H groups in total. The van der Waals surface area contributed by atoms with E-state index in [9.17, 15) is 0 Å². The van der Waals surface area contributed by atoms with Gasteiger partial charge in [-0.05, 0) is 12.1 Å². The first-order valence-corrected chi connectivity index (χ1v) is 6.38. The molecule has 0 unspecified atom stereocenters. The SMILES string of the molecule is CCc1ccc(-c2nc(Cl)c3c(n2)CCOC3)o1. The molecule has 2 aromatic heterocycles. The summed E-state index contributed by atoms with van der Waals surface area (Å²) in [5.74, 6) is 2.15. The zero-order valence-electron chi connectivity index (χ0n) is 10.1. The molecule has 0 aromatic carbocycles. The second-order valence-electron chi connectivity index (χ2n) is 4.19. The van der Waals surface area contributed by atoms with E-state index in [4.69, 9.17) is 20.8 Å². The first-order valence-electron chi connectivity index (χ1n) is 6.00. The molecule has 0 saturated carbocycles. The fourth-order valence-electron chi connectivity index (χ4n) is 1.99. The Labute approximate surface area is 110 Å². The Morgan fingerprint density at radius 2 is 2.22 bits per heavy atom. The lowest BCUT2D eigenvalue weighted by molar-refractivity contribution is 0.109. The fourth-order valence-corrected chi connectivity index (χ4v) is 2.23. The van der Waals surface area contributed by atoms with Crippen molar-refractivity contribution < 1.29 is 9.15 Å². The lowest BCUT2D eigenvalue weighted by Crippen LogP contribution is -2.14. The monoisotopic (exact) mass is 264 g/mol. The van der Waals surface area contributed by atoms with Gasteiger partial charge in [-0.2, -0.15) is 0 Å². The fraction of sp³-hybridized carbons (Fsp3) is 0.385. The number of furan rings is 1. The van der Waals surface area contributed by atoms with E-state index < -0.39 is 0 Å². The van der Waals surface area contributed by atoms with Crippen LogP contribution in [-0.2, 0) is 24.2 Å². The zero-order chi connectivity index (χ0) is 12.5. The molecule has 3 rings (SSSR count). The number of fused-ring (bicyclic) bond motifs is 1. The van der Waals surface area contributed by atoms with Gasteiger partial charge in [0, 0.05) is 18.4 Å². The summed E-state index contributed by atoms with van der Waals surface area (Å²) in [5, 5.41) is 0.462. The van der Waals surface area contributed by atoms with E-state index in [2.05, 4.69) is 9.97 Å². The highest BCUT2D eigenvalue weighted by atomic mass is 35.5. The minimum absolute atomic E-state index is 0.462. The molecular formula is C13H13ClN2O2. The molecule has 18 heavy (non-hydrogen) atoms. The predicted octanol–water partition coefficient (Wildman–Crippen LogP) is 3.03. The average molecular weight is 265 g/mol. The summed E-state index contributed by atoms with van der Waals surface area (Å²) in [5.41, 5.74) is 1.86. The van der Waals surface area contributed by atoms with E-state index in [1.807, 2.05) is 19.1 Å². The van der Waals surface area contributed by atoms with Crippen LogP contribution >= 0.6 is 11.6 Å². The zero-order valence-corrected chi connectivity index (χ0v) is 10.8. The van der Waals surface area contributed by atoms with Gasteiger partial charge in [0.15, 0.2) is 11.6 Å². The minimum atomic E-state index is 0.462. The van der Waals surface area contributed by atoms with Crippen LogP contribution in [0.25, 0.3) is 11.6 Å². The Morgan fingerprint density at radius 1 is 1.33 bits per heavy atom. The van der Waals surface area contributed by atoms with Gasteiger partial charge in [0.1, 0.15) is 10.9 Å². The van der Waals surface area contributed by atoms with Crippen LogP contribution in [-0.4, -0.2) is 16.6 Å². The number of halogens is 1. The van der Waals surface area contributed by atoms with Gasteiger partial charge in [-0.25, -0.2) is 9.97 Å². The standard InChI is InChI=1S/C13H13ClN2O2/c1-2-8-3-4-11(18-8)13-15-10-5-6-17-7-9(10)12(14)16-13/h3-4H,2,5-7H2,1H3. The number of hydrogen-bond acceptors (Lipinski definition) is 4. The van der Waals surface area contributed by atoms with Crippen LogP contribution in [0, 0.1) is 0 Å². The molecule has 0 spiro atoms. The second kappa shape index (κ2) is 4.71. The molecule has 1 aliphatic rings. The van der Waals surface area contributed by atoms with Crippen molar-refractivity contribution >= 4 is 11.6 Å². The van der Waals surface area contributed by atoms with E-state index in [0.29, 0.717) is 30.0 Å². The summed E-state index contributed by atoms with van der Waals surface area (Å²) < 4.78 is 11.0. The van der Waals surface area contributed by atoms with Crippen LogP contribution in [0.15, 0.2) is 16.5 Å². The predicted molar refractivity (Wildman–Crippen MR) is 67.5 cm³/mol. The van der Waals surface area contributed by atoms with Crippen molar-refractivity contribution in [3.05, 3.63) is 34.3 Å². The van der Waals surface area contributed by atoms with Crippen molar-refractivity contribution in [3.8, 4) is 11.6 Å². The van der Waals surface area contributed by atoms with Crippen molar-refractivity contribution in [2.75, 3.05) is 6.61 Å². The number of rotatable bonds is 2. The van der Waals surface area contributed by atoms with E-state index >= 15 is 0 Å². The largest absolute Gasteiger partial charge is 0.458 e. The number of nitrogens with zero attached hydrogens (tertiary/aromatic N) is 2. The molecule has 0 radical (unpaired) electrons. The van der Waals surface area contributed by atoms with Gasteiger partial charge >= 0.3 is 0 Å². The molecule has 5 heteroatoms. The third kappa shape index (κ3) is 2.02. The van der Waals surface area contributed by atoms with Gasteiger partial charge in [-0.3, -0.25) is 0 Å². The Bertz CT molecular complexity index is 580. The van der Waals surface area contributed by atoms with E-state index in [1.165, 1.54) is 0 Å². The van der Waals surface area contributed by atoms with Crippen molar-refractivity contribution in [2.45, 2.75) is 26.4 Å². The Balaban J connectivity index is 2.04. The molecule has 0 fully saturated rings. The van der Waals surface area contributed by atoms with E-state index in [0.717, 1.165) is 29.9 Å². The second-order valence-corrected chi connectivity index (χ2v) is 4.54. The molecule has 0 amide bonds. The summed E-state index contributed by atoms with van der Waals surface area (Å²) in [6.45, 7) is 3.21. The van der Waals surface area contributed by atoms with Gasteiger partial charge in [-0.1, -0.05) is 18.5 Å². The summed E-state index contributed by atoms with van der Waals surface area (Å²) in [7, 11) is 0. The van der Waals surface area contributed by atoms with Crippen LogP contribution in [0.3, 0.4) is 0 Å². The molecular weight excluding hydrogens is 252 g/mol. The molecule has 2 aromatic rings. The molecule has 0 saturated heterocycles. The third-order valence-electron chi connectivity index (χ3n) is 3.00. The molecule has 94 valence electrons. The number of ether oxygens (including phenoxy) is 1. The lowest BCUT2D eigenvalue weighted by atomic mass is 10.1. The normalized spacial score (nSPS) is 14.6. The molecule has 0 bridgehead atoms. The van der Waals surface area contributed by atoms with Crippen molar-refractivity contribution in [2.24, 2.45) is 0 Å². The minimum Gasteiger partial charge on any atom is -0.458 e. The maximum Gasteiger partial charge on any atom is 0.197 e. The number of hydrogen-bond donors (Lipinski definition) is 0. The van der Waals surface area contributed by atoms with Gasteiger partial charge in [0.25, 0.3) is 0 Å². The summed E-state index contributed by atoms with van der Waals surface area (Å²) in [6, 6.07) is 3.82. The summed E-state index contributed by atoms with van der Waals surface area (Å²) in [4.78, 5) is 8.81. The Kier molecular flexibility index (Phi) is 3.06. The average Bonchev–Trinajstić information content (AvgIpc) is 2.87. The number of aromatic nitrogens is 2. The van der Waals surface area contributed by atoms with Crippen LogP contribution in [0.2, 0.25) is 5.15 Å². The van der Waals surface area contributed by atoms with Crippen LogP contribution < -0.4 is 0 Å². The Morgan fingerprint density at radius 3 is 3.00 bits per heavy atom. The number of aryl methyl sites for hydroxylation is 1. The van der Waals surface area contributed by atoms with Gasteiger partial charge < -0.3 is 9.15 Å². The summed E-state index contributed by atoms with van der Waals surface area (Å²) in [6.07, 6.45) is 1.62. The maximum atomic E-state index is 6.17. The molecule has 4 nitrogen and oxygen atoms in total. The van der Waals surface area contributed by atoms with Crippen LogP contribution in [0.1, 0.15) is 23.9 Å². The molecule has 1 aliphatic heterocycles. The van der Waals surface area contributed by atoms with Crippen molar-refractivity contribution in [1.29, 1.82) is 0 Å². The van der Waals surface area contributed by atoms with Crippen LogP contribution in [0.4, 0.5) is 0 Å². The van der Waals surface area contributed by atoms with E-state index in [1.54, 1.807) is 0 Å². The smallest absolute Gasteiger partial charge is 0.197 e. The quantitative estimate of drug-likeness (QED) is 0.783. The van der Waals surface area contributed by atoms with E-state index in [-0.39, 0.29) is 0 Å². The van der Waals surface area contributed by atoms with Gasteiger partial charge in [0.2, 0.25) is 0 Å². The highest BCUT2D eigenvalue weighted by molar-refractivity contribution is 6.30. The van der Waals surface area contributed by atoms with Gasteiger partial charge in [0.05, 0.1) is 18.9 Å². The topological polar surface area (TPSA) is 48.2 Å². The molecule has 0 aliphatic carbocycles. The Hall–Kier alpha value is -1.39. The summed E-state index contributed by atoms with van der Waals surface area (Å²) >= 11 is 6.17. The van der Waals surface area contributed by atoms with Crippen molar-refractivity contribution in [1.82, 2.24) is 9.97 Å². The highest BCUT2D eigenvalue weighted by Gasteiger charge is 2.18. The van der Waals surface area contributed by atoms with Crippen LogP contribution in [0.5, 0.6) is 0 Å². The van der Waals surface area contributed by atoms with Crippen molar-refractivity contribution in [3.63, 3.8) is 0 Å². The lowest BCUT2D eigenvalue weighted by Gasteiger charge is -2.16. The molecule has 0 atom stereocenters.